The average Bonchev–Trinajstić information content (AvgIpc) is 3.53. The predicted octanol–water partition coefficient (Wildman–Crippen LogP) is 2.51. The number of aromatic nitrogens is 4. The van der Waals surface area contributed by atoms with E-state index in [0.29, 0.717) is 25.2 Å². The SMILES string of the molecule is CCC[C@@H]1N(C(=O)Cc2ccc(-n3nnnc3C)cc2)CC[C@]12C(=O)Nc1ccccc12.O=CO. The van der Waals surface area contributed by atoms with Crippen LogP contribution in [0.1, 0.15) is 43.1 Å². The van der Waals surface area contributed by atoms with Crippen LogP contribution in [0.3, 0.4) is 0 Å². The summed E-state index contributed by atoms with van der Waals surface area (Å²) in [6.45, 7) is 4.28. The zero-order valence-corrected chi connectivity index (χ0v) is 19.7. The van der Waals surface area contributed by atoms with E-state index in [-0.39, 0.29) is 24.3 Å². The van der Waals surface area contributed by atoms with Crippen molar-refractivity contribution in [3.8, 4) is 5.69 Å². The predicted molar refractivity (Wildman–Crippen MR) is 128 cm³/mol. The second-order valence-electron chi connectivity index (χ2n) is 8.70. The Morgan fingerprint density at radius 2 is 1.94 bits per heavy atom. The van der Waals surface area contributed by atoms with Crippen LogP contribution in [0.4, 0.5) is 5.69 Å². The van der Waals surface area contributed by atoms with Gasteiger partial charge in [-0.2, -0.15) is 4.68 Å². The van der Waals surface area contributed by atoms with Gasteiger partial charge in [0.2, 0.25) is 11.8 Å². The standard InChI is InChI=1S/C24H26N6O2.CH2O2/c1-3-6-21-24(19-7-4-5-8-20(19)25-23(24)32)13-14-29(21)22(31)15-17-9-11-18(12-10-17)30-16(2)26-27-28-30;2-1-3/h4-5,7-12,21H,3,6,13-15H2,1-2H3,(H,25,32);1H,(H,2,3)/t21-,24+;/m0./s1. The molecular weight excluding hydrogens is 448 g/mol. The maximum atomic E-state index is 13.4. The summed E-state index contributed by atoms with van der Waals surface area (Å²) in [5.41, 5.74) is 3.04. The maximum Gasteiger partial charge on any atom is 0.290 e. The number of carbonyl (C=O) groups excluding carboxylic acids is 2. The molecule has 2 aliphatic rings. The number of hydrogen-bond donors (Lipinski definition) is 2. The third-order valence-electron chi connectivity index (χ3n) is 6.80. The fraction of sp³-hybridized carbons (Fsp3) is 0.360. The topological polar surface area (TPSA) is 130 Å². The van der Waals surface area contributed by atoms with Gasteiger partial charge in [-0.25, -0.2) is 0 Å². The normalized spacial score (nSPS) is 20.2. The third kappa shape index (κ3) is 4.27. The summed E-state index contributed by atoms with van der Waals surface area (Å²) < 4.78 is 1.66. The van der Waals surface area contributed by atoms with Crippen molar-refractivity contribution in [2.45, 2.75) is 51.0 Å². The van der Waals surface area contributed by atoms with E-state index < -0.39 is 5.41 Å². The monoisotopic (exact) mass is 476 g/mol. The van der Waals surface area contributed by atoms with Gasteiger partial charge < -0.3 is 15.3 Å². The number of para-hydroxylation sites is 1. The molecule has 1 fully saturated rings. The minimum atomic E-state index is -0.649. The Morgan fingerprint density at radius 3 is 2.60 bits per heavy atom. The largest absolute Gasteiger partial charge is 0.483 e. The van der Waals surface area contributed by atoms with E-state index in [9.17, 15) is 9.59 Å². The number of likely N-dealkylation sites (tertiary alicyclic amines) is 1. The minimum absolute atomic E-state index is 0.0219. The van der Waals surface area contributed by atoms with Crippen LogP contribution in [-0.4, -0.2) is 61.1 Å². The fourth-order valence-electron chi connectivity index (χ4n) is 5.28. The molecule has 2 amide bonds. The molecule has 2 aliphatic heterocycles. The first-order valence-corrected chi connectivity index (χ1v) is 11.6. The molecule has 1 saturated heterocycles. The molecule has 35 heavy (non-hydrogen) atoms. The van der Waals surface area contributed by atoms with Crippen molar-refractivity contribution >= 4 is 24.0 Å². The van der Waals surface area contributed by atoms with Crippen molar-refractivity contribution < 1.29 is 19.5 Å². The quantitative estimate of drug-likeness (QED) is 0.541. The molecule has 1 aromatic heterocycles. The minimum Gasteiger partial charge on any atom is -0.483 e. The number of aryl methyl sites for hydroxylation is 1. The van der Waals surface area contributed by atoms with Gasteiger partial charge >= 0.3 is 0 Å². The second-order valence-corrected chi connectivity index (χ2v) is 8.70. The molecule has 2 atom stereocenters. The first kappa shape index (κ1) is 24.1. The molecule has 0 saturated carbocycles. The number of carboxylic acid groups (broad SMARTS) is 1. The highest BCUT2D eigenvalue weighted by molar-refractivity contribution is 6.07. The number of nitrogens with zero attached hydrogens (tertiary/aromatic N) is 5. The van der Waals surface area contributed by atoms with Gasteiger partial charge in [-0.05, 0) is 59.5 Å². The number of fused-ring (bicyclic) bond motifs is 2. The Bertz CT molecular complexity index is 1220. The van der Waals surface area contributed by atoms with E-state index in [4.69, 9.17) is 9.90 Å². The van der Waals surface area contributed by atoms with Crippen LogP contribution in [0.15, 0.2) is 48.5 Å². The number of nitrogens with one attached hydrogen (secondary N) is 1. The summed E-state index contributed by atoms with van der Waals surface area (Å²) in [6.07, 6.45) is 2.66. The molecule has 10 heteroatoms. The van der Waals surface area contributed by atoms with Crippen molar-refractivity contribution in [3.63, 3.8) is 0 Å². The fourth-order valence-corrected chi connectivity index (χ4v) is 5.28. The Labute approximate surface area is 202 Å². The van der Waals surface area contributed by atoms with E-state index in [1.54, 1.807) is 4.68 Å². The Balaban J connectivity index is 0.000000917. The molecule has 0 bridgehead atoms. The van der Waals surface area contributed by atoms with Gasteiger partial charge in [-0.3, -0.25) is 14.4 Å². The Hall–Kier alpha value is -4.08. The first-order valence-electron chi connectivity index (χ1n) is 11.6. The van der Waals surface area contributed by atoms with Crippen molar-refractivity contribution in [1.82, 2.24) is 25.1 Å². The molecule has 5 rings (SSSR count). The lowest BCUT2D eigenvalue weighted by atomic mass is 9.73. The lowest BCUT2D eigenvalue weighted by Crippen LogP contribution is -2.49. The van der Waals surface area contributed by atoms with E-state index in [0.717, 1.165) is 35.3 Å². The number of amides is 2. The molecule has 0 unspecified atom stereocenters. The molecule has 3 aromatic rings. The number of carbonyl (C=O) groups is 3. The van der Waals surface area contributed by atoms with E-state index in [1.807, 2.05) is 60.4 Å². The summed E-state index contributed by atoms with van der Waals surface area (Å²) >= 11 is 0. The lowest BCUT2D eigenvalue weighted by Gasteiger charge is -2.34. The van der Waals surface area contributed by atoms with E-state index in [1.165, 1.54) is 0 Å². The van der Waals surface area contributed by atoms with Gasteiger partial charge in [0.1, 0.15) is 0 Å². The van der Waals surface area contributed by atoms with E-state index in [2.05, 4.69) is 27.8 Å². The van der Waals surface area contributed by atoms with Crippen LogP contribution in [0.5, 0.6) is 0 Å². The summed E-state index contributed by atoms with van der Waals surface area (Å²) in [5, 5.41) is 21.5. The van der Waals surface area contributed by atoms with Crippen molar-refractivity contribution in [2.75, 3.05) is 11.9 Å². The van der Waals surface area contributed by atoms with Gasteiger partial charge in [-0.1, -0.05) is 43.7 Å². The summed E-state index contributed by atoms with van der Waals surface area (Å²) in [4.78, 5) is 36.9. The number of hydrogen-bond acceptors (Lipinski definition) is 6. The number of benzene rings is 2. The number of anilines is 1. The van der Waals surface area contributed by atoms with Gasteiger partial charge in [0, 0.05) is 12.2 Å². The van der Waals surface area contributed by atoms with Crippen LogP contribution >= 0.6 is 0 Å². The zero-order valence-electron chi connectivity index (χ0n) is 19.7. The highest BCUT2D eigenvalue weighted by atomic mass is 16.3. The Morgan fingerprint density at radius 1 is 1.23 bits per heavy atom. The van der Waals surface area contributed by atoms with Gasteiger partial charge in [0.25, 0.3) is 6.47 Å². The molecule has 1 spiro atoms. The van der Waals surface area contributed by atoms with Gasteiger partial charge in [0.15, 0.2) is 5.82 Å². The molecule has 2 aromatic carbocycles. The lowest BCUT2D eigenvalue weighted by molar-refractivity contribution is -0.133. The molecule has 2 N–H and O–H groups in total. The Kier molecular flexibility index (Phi) is 6.90. The highest BCUT2D eigenvalue weighted by Gasteiger charge is 2.58. The van der Waals surface area contributed by atoms with Crippen LogP contribution < -0.4 is 5.32 Å². The molecule has 10 nitrogen and oxygen atoms in total. The van der Waals surface area contributed by atoms with E-state index >= 15 is 0 Å². The number of rotatable bonds is 5. The molecule has 3 heterocycles. The van der Waals surface area contributed by atoms with Gasteiger partial charge in [-0.15, -0.1) is 5.10 Å². The third-order valence-corrected chi connectivity index (χ3v) is 6.80. The van der Waals surface area contributed by atoms with Crippen molar-refractivity contribution in [1.29, 1.82) is 0 Å². The zero-order chi connectivity index (χ0) is 25.0. The van der Waals surface area contributed by atoms with Crippen molar-refractivity contribution in [2.24, 2.45) is 0 Å². The molecule has 0 radical (unpaired) electrons. The molecule has 0 aliphatic carbocycles. The highest BCUT2D eigenvalue weighted by Crippen LogP contribution is 2.49. The summed E-state index contributed by atoms with van der Waals surface area (Å²) in [5.74, 6) is 0.784. The summed E-state index contributed by atoms with van der Waals surface area (Å²) in [7, 11) is 0. The van der Waals surface area contributed by atoms with Crippen LogP contribution in [0.2, 0.25) is 0 Å². The van der Waals surface area contributed by atoms with Crippen LogP contribution in [0, 0.1) is 6.92 Å². The second kappa shape index (κ2) is 10.0. The van der Waals surface area contributed by atoms with Crippen molar-refractivity contribution in [3.05, 3.63) is 65.5 Å². The summed E-state index contributed by atoms with van der Waals surface area (Å²) in [6, 6.07) is 15.5. The smallest absolute Gasteiger partial charge is 0.290 e. The average molecular weight is 477 g/mol. The first-order chi connectivity index (χ1) is 17.0. The molecule has 182 valence electrons. The number of tetrazole rings is 1. The maximum absolute atomic E-state index is 13.4. The van der Waals surface area contributed by atoms with Crippen LogP contribution in [-0.2, 0) is 26.2 Å². The van der Waals surface area contributed by atoms with Gasteiger partial charge in [0.05, 0.1) is 23.6 Å². The molecular formula is C25H28N6O4. The van der Waals surface area contributed by atoms with Crippen LogP contribution in [0.25, 0.3) is 5.69 Å².